The molecule has 4 aromatic rings. The van der Waals surface area contributed by atoms with Gasteiger partial charge in [-0.25, -0.2) is 15.0 Å². The van der Waals surface area contributed by atoms with Crippen molar-refractivity contribution in [1.82, 2.24) is 29.7 Å². The molecule has 2 saturated heterocycles. The fourth-order valence-corrected chi connectivity index (χ4v) is 5.81. The van der Waals surface area contributed by atoms with Gasteiger partial charge in [-0.05, 0) is 85.8 Å². The molecular formula is C31H35N7. The van der Waals surface area contributed by atoms with Gasteiger partial charge < -0.3 is 11.1 Å². The van der Waals surface area contributed by atoms with Gasteiger partial charge in [0.15, 0.2) is 11.5 Å². The molecule has 2 atom stereocenters. The minimum Gasteiger partial charge on any atom is -0.383 e. The number of imidazole rings is 1. The van der Waals surface area contributed by atoms with Crippen molar-refractivity contribution < 1.29 is 0 Å². The molecule has 6 rings (SSSR count). The van der Waals surface area contributed by atoms with Crippen LogP contribution in [0, 0.1) is 11.8 Å². The number of fused-ring (bicyclic) bond motifs is 2. The lowest BCUT2D eigenvalue weighted by molar-refractivity contribution is 0.305. The Morgan fingerprint density at radius 2 is 1.84 bits per heavy atom. The molecule has 3 aromatic heterocycles. The second kappa shape index (κ2) is 10.5. The number of pyridine rings is 2. The van der Waals surface area contributed by atoms with E-state index in [0.29, 0.717) is 5.82 Å². The number of likely N-dealkylation sites (tertiary alicyclic amines) is 1. The lowest BCUT2D eigenvalue weighted by Gasteiger charge is -2.17. The van der Waals surface area contributed by atoms with Crippen LogP contribution in [0.3, 0.4) is 0 Å². The van der Waals surface area contributed by atoms with Crippen molar-refractivity contribution in [2.45, 2.75) is 26.8 Å². The molecule has 7 heteroatoms. The number of nitrogens with one attached hydrogen (secondary N) is 1. The molecule has 194 valence electrons. The molecule has 2 unspecified atom stereocenters. The van der Waals surface area contributed by atoms with Crippen molar-refractivity contribution in [3.8, 4) is 17.1 Å². The lowest BCUT2D eigenvalue weighted by atomic mass is 10.0. The molecule has 7 nitrogen and oxygen atoms in total. The SMILES string of the molecule is C/C=C(\C=C/CC)c1ccc2nc(-c3cccnc3N)n(-c3ccc(CN4CC5CNCC5C4)cc3)c2n1. The Morgan fingerprint density at radius 3 is 2.55 bits per heavy atom. The van der Waals surface area contributed by atoms with Gasteiger partial charge in [-0.2, -0.15) is 0 Å². The summed E-state index contributed by atoms with van der Waals surface area (Å²) in [4.78, 5) is 17.0. The van der Waals surface area contributed by atoms with E-state index in [2.05, 4.69) is 69.2 Å². The Balaban J connectivity index is 1.40. The zero-order chi connectivity index (χ0) is 26.1. The van der Waals surface area contributed by atoms with Crippen LogP contribution < -0.4 is 11.1 Å². The molecule has 3 N–H and O–H groups in total. The molecule has 2 aliphatic rings. The second-order valence-electron chi connectivity index (χ2n) is 10.3. The van der Waals surface area contributed by atoms with Crippen molar-refractivity contribution in [2.75, 3.05) is 31.9 Å². The van der Waals surface area contributed by atoms with E-state index >= 15 is 0 Å². The summed E-state index contributed by atoms with van der Waals surface area (Å²) < 4.78 is 2.11. The molecule has 0 spiro atoms. The van der Waals surface area contributed by atoms with E-state index in [0.717, 1.165) is 77.4 Å². The topological polar surface area (TPSA) is 84.9 Å². The van der Waals surface area contributed by atoms with Crippen molar-refractivity contribution in [1.29, 1.82) is 0 Å². The average molecular weight is 506 g/mol. The zero-order valence-corrected chi connectivity index (χ0v) is 22.1. The summed E-state index contributed by atoms with van der Waals surface area (Å²) in [6.07, 6.45) is 9.07. The van der Waals surface area contributed by atoms with Gasteiger partial charge in [0.2, 0.25) is 0 Å². The fraction of sp³-hybridized carbons (Fsp3) is 0.323. The molecule has 0 bridgehead atoms. The number of aromatic nitrogens is 4. The molecule has 2 aliphatic heterocycles. The number of anilines is 1. The standard InChI is InChI=1S/C31H35N7/c1-3-5-7-22(4-2)27-13-14-28-31(35-27)38(30(36-28)26-8-6-15-34-29(26)32)25-11-9-21(10-12-25)18-37-19-23-16-33-17-24(23)20-37/h4-15,23-24,33H,3,16-20H2,1-2H3,(H2,32,34)/b7-5-,22-4+. The summed E-state index contributed by atoms with van der Waals surface area (Å²) in [5.74, 6) is 2.80. The monoisotopic (exact) mass is 505 g/mol. The Morgan fingerprint density at radius 1 is 1.05 bits per heavy atom. The number of nitrogen functional groups attached to an aromatic ring is 1. The first-order valence-electron chi connectivity index (χ1n) is 13.6. The summed E-state index contributed by atoms with van der Waals surface area (Å²) in [5.41, 5.74) is 13.1. The van der Waals surface area contributed by atoms with Crippen molar-refractivity contribution in [2.24, 2.45) is 11.8 Å². The largest absolute Gasteiger partial charge is 0.383 e. The summed E-state index contributed by atoms with van der Waals surface area (Å²) in [5, 5.41) is 3.53. The Bertz CT molecular complexity index is 1490. The van der Waals surface area contributed by atoms with Gasteiger partial charge in [0.25, 0.3) is 0 Å². The van der Waals surface area contributed by atoms with Crippen LogP contribution in [0.4, 0.5) is 5.82 Å². The number of nitrogens with zero attached hydrogens (tertiary/aromatic N) is 5. The van der Waals surface area contributed by atoms with E-state index in [-0.39, 0.29) is 0 Å². The number of nitrogens with two attached hydrogens (primary N) is 1. The predicted octanol–water partition coefficient (Wildman–Crippen LogP) is 5.09. The van der Waals surface area contributed by atoms with E-state index in [4.69, 9.17) is 15.7 Å². The number of hydrogen-bond acceptors (Lipinski definition) is 6. The fourth-order valence-electron chi connectivity index (χ4n) is 5.81. The summed E-state index contributed by atoms with van der Waals surface area (Å²) in [6, 6.07) is 16.8. The van der Waals surface area contributed by atoms with Crippen LogP contribution in [0.5, 0.6) is 0 Å². The van der Waals surface area contributed by atoms with Gasteiger partial charge in [0.05, 0.1) is 11.3 Å². The van der Waals surface area contributed by atoms with Crippen LogP contribution in [0.2, 0.25) is 0 Å². The third-order valence-electron chi connectivity index (χ3n) is 7.79. The van der Waals surface area contributed by atoms with E-state index < -0.39 is 0 Å². The van der Waals surface area contributed by atoms with Gasteiger partial charge in [0.1, 0.15) is 11.3 Å². The third kappa shape index (κ3) is 4.64. The maximum atomic E-state index is 6.32. The molecule has 1 aromatic carbocycles. The third-order valence-corrected chi connectivity index (χ3v) is 7.79. The smallest absolute Gasteiger partial charge is 0.165 e. The molecule has 38 heavy (non-hydrogen) atoms. The molecule has 2 fully saturated rings. The first kappa shape index (κ1) is 24.5. The first-order valence-corrected chi connectivity index (χ1v) is 13.6. The van der Waals surface area contributed by atoms with Crippen molar-refractivity contribution in [3.05, 3.63) is 84.2 Å². The minimum atomic E-state index is 0.454. The molecular weight excluding hydrogens is 470 g/mol. The van der Waals surface area contributed by atoms with Crippen molar-refractivity contribution >= 4 is 22.6 Å². The highest BCUT2D eigenvalue weighted by atomic mass is 15.2. The number of benzene rings is 1. The molecule has 5 heterocycles. The lowest BCUT2D eigenvalue weighted by Crippen LogP contribution is -2.25. The van der Waals surface area contributed by atoms with E-state index in [1.165, 1.54) is 18.7 Å². The van der Waals surface area contributed by atoms with E-state index in [1.807, 2.05) is 31.2 Å². The van der Waals surface area contributed by atoms with Crippen LogP contribution in [0.15, 0.2) is 73.0 Å². The molecule has 0 aliphatic carbocycles. The number of hydrogen-bond donors (Lipinski definition) is 2. The summed E-state index contributed by atoms with van der Waals surface area (Å²) in [7, 11) is 0. The average Bonchev–Trinajstić information content (AvgIpc) is 3.63. The normalized spacial score (nSPS) is 20.1. The van der Waals surface area contributed by atoms with Gasteiger partial charge in [-0.1, -0.05) is 37.3 Å². The second-order valence-corrected chi connectivity index (χ2v) is 10.3. The van der Waals surface area contributed by atoms with Crippen molar-refractivity contribution in [3.63, 3.8) is 0 Å². The maximum absolute atomic E-state index is 6.32. The van der Waals surface area contributed by atoms with E-state index in [9.17, 15) is 0 Å². The maximum Gasteiger partial charge on any atom is 0.165 e. The Kier molecular flexibility index (Phi) is 6.79. The molecule has 0 radical (unpaired) electrons. The van der Waals surface area contributed by atoms with Gasteiger partial charge in [-0.15, -0.1) is 0 Å². The summed E-state index contributed by atoms with van der Waals surface area (Å²) >= 11 is 0. The van der Waals surface area contributed by atoms with Crippen LogP contribution in [0.25, 0.3) is 33.8 Å². The Labute approximate surface area is 224 Å². The van der Waals surface area contributed by atoms with Crippen LogP contribution in [-0.4, -0.2) is 50.6 Å². The molecule has 0 amide bonds. The minimum absolute atomic E-state index is 0.454. The Hall–Kier alpha value is -3.81. The summed E-state index contributed by atoms with van der Waals surface area (Å²) in [6.45, 7) is 9.85. The van der Waals surface area contributed by atoms with Crippen LogP contribution >= 0.6 is 0 Å². The first-order chi connectivity index (χ1) is 18.6. The number of allylic oxidation sites excluding steroid dienone is 4. The molecule has 0 saturated carbocycles. The van der Waals surface area contributed by atoms with Gasteiger partial charge in [0, 0.05) is 31.5 Å². The zero-order valence-electron chi connectivity index (χ0n) is 22.1. The highest BCUT2D eigenvalue weighted by Crippen LogP contribution is 2.32. The predicted molar refractivity (Wildman–Crippen MR) is 155 cm³/mol. The number of rotatable bonds is 7. The van der Waals surface area contributed by atoms with Crippen LogP contribution in [-0.2, 0) is 6.54 Å². The highest BCUT2D eigenvalue weighted by Gasteiger charge is 2.35. The highest BCUT2D eigenvalue weighted by molar-refractivity contribution is 5.85. The van der Waals surface area contributed by atoms with Gasteiger partial charge in [-0.3, -0.25) is 9.47 Å². The quantitative estimate of drug-likeness (QED) is 0.341. The van der Waals surface area contributed by atoms with Crippen LogP contribution in [0.1, 0.15) is 31.5 Å². The van der Waals surface area contributed by atoms with E-state index in [1.54, 1.807) is 6.20 Å². The van der Waals surface area contributed by atoms with Gasteiger partial charge >= 0.3 is 0 Å².